The summed E-state index contributed by atoms with van der Waals surface area (Å²) in [4.78, 5) is 14.3. The fraction of sp³-hybridized carbons (Fsp3) is 0.381. The van der Waals surface area contributed by atoms with Crippen molar-refractivity contribution in [2.75, 3.05) is 27.3 Å². The van der Waals surface area contributed by atoms with Gasteiger partial charge in [0.15, 0.2) is 11.5 Å². The number of likely N-dealkylation sites (N-methyl/N-ethyl adjacent to an activating group) is 1. The van der Waals surface area contributed by atoms with Crippen LogP contribution in [0.25, 0.3) is 0 Å². The van der Waals surface area contributed by atoms with Crippen molar-refractivity contribution in [1.29, 1.82) is 0 Å². The quantitative estimate of drug-likeness (QED) is 0.632. The molecule has 0 aliphatic carbocycles. The second-order valence-corrected chi connectivity index (χ2v) is 7.39. The number of carbonyl (C=O) groups excluding carboxylic acids is 1. The van der Waals surface area contributed by atoms with Gasteiger partial charge in [-0.2, -0.15) is 0 Å². The molecule has 0 spiro atoms. The lowest BCUT2D eigenvalue weighted by Gasteiger charge is -2.20. The van der Waals surface area contributed by atoms with Crippen LogP contribution >= 0.6 is 23.2 Å². The number of hydrogen-bond acceptors (Lipinski definition) is 4. The van der Waals surface area contributed by atoms with E-state index in [9.17, 15) is 4.79 Å². The predicted molar refractivity (Wildman–Crippen MR) is 114 cm³/mol. The third kappa shape index (κ3) is 6.30. The van der Waals surface area contributed by atoms with E-state index < -0.39 is 0 Å². The zero-order valence-corrected chi connectivity index (χ0v) is 18.1. The third-order valence-electron chi connectivity index (χ3n) is 4.20. The maximum Gasteiger partial charge on any atom is 0.234 e. The molecule has 2 aromatic carbocycles. The summed E-state index contributed by atoms with van der Waals surface area (Å²) in [6.07, 6.45) is 0. The largest absolute Gasteiger partial charge is 0.493 e. The van der Waals surface area contributed by atoms with Gasteiger partial charge in [-0.15, -0.1) is 0 Å². The third-order valence-corrected chi connectivity index (χ3v) is 4.76. The number of benzene rings is 2. The Morgan fingerprint density at radius 2 is 1.93 bits per heavy atom. The minimum atomic E-state index is -0.212. The van der Waals surface area contributed by atoms with E-state index in [1.807, 2.05) is 50.1 Å². The average molecular weight is 425 g/mol. The van der Waals surface area contributed by atoms with E-state index >= 15 is 0 Å². The molecule has 28 heavy (non-hydrogen) atoms. The van der Waals surface area contributed by atoms with Crippen molar-refractivity contribution in [1.82, 2.24) is 10.2 Å². The number of hydrogen-bond donors (Lipinski definition) is 1. The van der Waals surface area contributed by atoms with Gasteiger partial charge < -0.3 is 14.8 Å². The zero-order valence-electron chi connectivity index (χ0n) is 16.6. The van der Waals surface area contributed by atoms with Gasteiger partial charge in [0.1, 0.15) is 0 Å². The highest BCUT2D eigenvalue weighted by Crippen LogP contribution is 2.28. The normalized spacial score (nSPS) is 12.0. The molecule has 7 heteroatoms. The molecule has 0 aromatic heterocycles. The van der Waals surface area contributed by atoms with E-state index in [0.717, 1.165) is 11.1 Å². The summed E-state index contributed by atoms with van der Waals surface area (Å²) in [5.41, 5.74) is 1.86. The molecule has 0 aliphatic heterocycles. The Balaban J connectivity index is 1.93. The lowest BCUT2D eigenvalue weighted by Crippen LogP contribution is -2.36. The molecule has 0 aliphatic rings. The van der Waals surface area contributed by atoms with E-state index in [2.05, 4.69) is 5.32 Å². The second-order valence-electron chi connectivity index (χ2n) is 6.55. The Hall–Kier alpha value is -1.95. The van der Waals surface area contributed by atoms with Crippen LogP contribution in [0.1, 0.15) is 31.0 Å². The van der Waals surface area contributed by atoms with E-state index in [1.54, 1.807) is 19.2 Å². The van der Waals surface area contributed by atoms with Gasteiger partial charge in [0.05, 0.1) is 26.3 Å². The number of halogens is 2. The van der Waals surface area contributed by atoms with Crippen LogP contribution in [0.3, 0.4) is 0 Å². The van der Waals surface area contributed by atoms with Gasteiger partial charge in [0, 0.05) is 16.6 Å². The fourth-order valence-corrected chi connectivity index (χ4v) is 3.49. The first-order valence-corrected chi connectivity index (χ1v) is 9.82. The van der Waals surface area contributed by atoms with Crippen molar-refractivity contribution < 1.29 is 14.3 Å². The van der Waals surface area contributed by atoms with Crippen molar-refractivity contribution >= 4 is 29.1 Å². The topological polar surface area (TPSA) is 50.8 Å². The predicted octanol–water partition coefficient (Wildman–Crippen LogP) is 4.71. The van der Waals surface area contributed by atoms with Crippen LogP contribution in [0.15, 0.2) is 36.4 Å². The molecule has 5 nitrogen and oxygen atoms in total. The van der Waals surface area contributed by atoms with Gasteiger partial charge in [-0.05, 0) is 56.3 Å². The summed E-state index contributed by atoms with van der Waals surface area (Å²) in [6, 6.07) is 10.8. The number of ether oxygens (including phenoxy) is 2. The van der Waals surface area contributed by atoms with Crippen molar-refractivity contribution in [3.8, 4) is 11.5 Å². The van der Waals surface area contributed by atoms with Crippen LogP contribution in [0, 0.1) is 0 Å². The van der Waals surface area contributed by atoms with Crippen LogP contribution in [0.2, 0.25) is 10.0 Å². The Morgan fingerprint density at radius 1 is 1.18 bits per heavy atom. The molecule has 0 unspecified atom stereocenters. The standard InChI is InChI=1S/C21H26Cl2N2O3/c1-5-28-19-9-6-15(10-20(19)27-4)12-25(3)13-21(26)24-14(2)17-8-7-16(22)11-18(17)23/h6-11,14H,5,12-13H2,1-4H3,(H,24,26)/t14-/m0/s1. The number of carbonyl (C=O) groups is 1. The summed E-state index contributed by atoms with van der Waals surface area (Å²) in [5, 5.41) is 4.07. The summed E-state index contributed by atoms with van der Waals surface area (Å²) in [5.74, 6) is 1.31. The van der Waals surface area contributed by atoms with Crippen LogP contribution in [-0.4, -0.2) is 38.1 Å². The highest BCUT2D eigenvalue weighted by Gasteiger charge is 2.15. The zero-order chi connectivity index (χ0) is 20.7. The molecule has 0 saturated heterocycles. The van der Waals surface area contributed by atoms with Gasteiger partial charge in [0.2, 0.25) is 5.91 Å². The minimum absolute atomic E-state index is 0.0843. The lowest BCUT2D eigenvalue weighted by atomic mass is 10.1. The molecule has 1 atom stereocenters. The molecule has 0 radical (unpaired) electrons. The molecule has 152 valence electrons. The first-order valence-electron chi connectivity index (χ1n) is 9.06. The van der Waals surface area contributed by atoms with Gasteiger partial charge in [-0.1, -0.05) is 35.3 Å². The Morgan fingerprint density at radius 3 is 2.57 bits per heavy atom. The van der Waals surface area contributed by atoms with Crippen LogP contribution in [0.5, 0.6) is 11.5 Å². The Kier molecular flexibility index (Phi) is 8.42. The Labute approximate surface area is 176 Å². The highest BCUT2D eigenvalue weighted by molar-refractivity contribution is 6.35. The molecule has 1 N–H and O–H groups in total. The van der Waals surface area contributed by atoms with Crippen LogP contribution in [-0.2, 0) is 11.3 Å². The molecular weight excluding hydrogens is 399 g/mol. The summed E-state index contributed by atoms with van der Waals surface area (Å²) >= 11 is 12.1. The number of amides is 1. The molecule has 0 fully saturated rings. The monoisotopic (exact) mass is 424 g/mol. The van der Waals surface area contributed by atoms with E-state index in [1.165, 1.54) is 0 Å². The highest BCUT2D eigenvalue weighted by atomic mass is 35.5. The summed E-state index contributed by atoms with van der Waals surface area (Å²) in [6.45, 7) is 5.26. The van der Waals surface area contributed by atoms with Crippen molar-refractivity contribution in [2.24, 2.45) is 0 Å². The van der Waals surface area contributed by atoms with Gasteiger partial charge >= 0.3 is 0 Å². The average Bonchev–Trinajstić information content (AvgIpc) is 2.62. The van der Waals surface area contributed by atoms with Gasteiger partial charge in [-0.3, -0.25) is 9.69 Å². The SMILES string of the molecule is CCOc1ccc(CN(C)CC(=O)N[C@@H](C)c2ccc(Cl)cc2Cl)cc1OC. The van der Waals surface area contributed by atoms with Crippen LogP contribution < -0.4 is 14.8 Å². The van der Waals surface area contributed by atoms with Crippen LogP contribution in [0.4, 0.5) is 0 Å². The fourth-order valence-electron chi connectivity index (χ4n) is 2.92. The summed E-state index contributed by atoms with van der Waals surface area (Å²) in [7, 11) is 3.50. The number of rotatable bonds is 9. The van der Waals surface area contributed by atoms with Crippen molar-refractivity contribution in [3.63, 3.8) is 0 Å². The first kappa shape index (κ1) is 22.3. The van der Waals surface area contributed by atoms with Crippen molar-refractivity contribution in [3.05, 3.63) is 57.6 Å². The minimum Gasteiger partial charge on any atom is -0.493 e. The second kappa shape index (κ2) is 10.6. The number of methoxy groups -OCH3 is 1. The van der Waals surface area contributed by atoms with E-state index in [-0.39, 0.29) is 18.5 Å². The van der Waals surface area contributed by atoms with Gasteiger partial charge in [0.25, 0.3) is 0 Å². The molecule has 2 rings (SSSR count). The Bertz CT molecular complexity index is 814. The first-order chi connectivity index (χ1) is 13.3. The molecule has 0 bridgehead atoms. The molecule has 0 saturated carbocycles. The number of nitrogens with one attached hydrogen (secondary N) is 1. The lowest BCUT2D eigenvalue weighted by molar-refractivity contribution is -0.122. The molecule has 1 amide bonds. The van der Waals surface area contributed by atoms with E-state index in [4.69, 9.17) is 32.7 Å². The van der Waals surface area contributed by atoms with Crippen molar-refractivity contribution in [2.45, 2.75) is 26.4 Å². The number of nitrogens with zero attached hydrogens (tertiary/aromatic N) is 1. The molecular formula is C21H26Cl2N2O3. The summed E-state index contributed by atoms with van der Waals surface area (Å²) < 4.78 is 10.9. The maximum absolute atomic E-state index is 12.4. The van der Waals surface area contributed by atoms with E-state index in [0.29, 0.717) is 34.7 Å². The molecule has 2 aromatic rings. The smallest absolute Gasteiger partial charge is 0.234 e. The molecule has 0 heterocycles. The maximum atomic E-state index is 12.4. The van der Waals surface area contributed by atoms with Gasteiger partial charge in [-0.25, -0.2) is 0 Å².